The molecule has 0 spiro atoms. The number of aromatic nitrogens is 4. The van der Waals surface area contributed by atoms with Crippen molar-refractivity contribution in [2.45, 2.75) is 25.4 Å². The molecule has 27 heavy (non-hydrogen) atoms. The number of esters is 1. The highest BCUT2D eigenvalue weighted by molar-refractivity contribution is 5.95. The fourth-order valence-corrected chi connectivity index (χ4v) is 3.87. The van der Waals surface area contributed by atoms with E-state index in [9.17, 15) is 14.0 Å². The Balaban J connectivity index is 1.73. The van der Waals surface area contributed by atoms with E-state index in [0.29, 0.717) is 23.6 Å². The fourth-order valence-electron chi connectivity index (χ4n) is 3.87. The summed E-state index contributed by atoms with van der Waals surface area (Å²) in [6, 6.07) is 2.82. The largest absolute Gasteiger partial charge is 0.460 e. The van der Waals surface area contributed by atoms with Crippen LogP contribution in [0.4, 0.5) is 10.2 Å². The summed E-state index contributed by atoms with van der Waals surface area (Å²) < 4.78 is 22.2. The Morgan fingerprint density at radius 1 is 1.26 bits per heavy atom. The molecule has 0 aliphatic carbocycles. The van der Waals surface area contributed by atoms with Crippen LogP contribution in [0, 0.1) is 5.82 Å². The van der Waals surface area contributed by atoms with E-state index < -0.39 is 11.8 Å². The van der Waals surface area contributed by atoms with Gasteiger partial charge in [0.15, 0.2) is 5.65 Å². The topological polar surface area (TPSA) is 81.7 Å². The summed E-state index contributed by atoms with van der Waals surface area (Å²) in [5.74, 6) is -0.441. The molecule has 1 unspecified atom stereocenters. The number of rotatable bonds is 0. The molecule has 5 heterocycles. The monoisotopic (exact) mass is 369 g/mol. The van der Waals surface area contributed by atoms with Gasteiger partial charge < -0.3 is 14.2 Å². The summed E-state index contributed by atoms with van der Waals surface area (Å²) in [7, 11) is 0. The molecule has 2 aliphatic rings. The van der Waals surface area contributed by atoms with Crippen LogP contribution >= 0.6 is 0 Å². The van der Waals surface area contributed by atoms with E-state index in [2.05, 4.69) is 10.1 Å². The van der Waals surface area contributed by atoms with Crippen molar-refractivity contribution in [3.8, 4) is 0 Å². The zero-order valence-electron chi connectivity index (χ0n) is 14.3. The molecule has 3 aromatic rings. The average molecular weight is 369 g/mol. The maximum atomic E-state index is 14.2. The Hall–Kier alpha value is -3.23. The molecule has 8 nitrogen and oxygen atoms in total. The maximum absolute atomic E-state index is 14.2. The third kappa shape index (κ3) is 2.49. The number of pyridine rings is 1. The zero-order valence-corrected chi connectivity index (χ0v) is 14.3. The van der Waals surface area contributed by atoms with Gasteiger partial charge in [-0.1, -0.05) is 0 Å². The van der Waals surface area contributed by atoms with Crippen LogP contribution in [0.5, 0.6) is 0 Å². The number of cyclic esters (lactones) is 1. The third-order valence-corrected chi connectivity index (χ3v) is 5.13. The molecule has 0 radical (unpaired) electrons. The lowest BCUT2D eigenvalue weighted by Gasteiger charge is -2.26. The highest BCUT2D eigenvalue weighted by Crippen LogP contribution is 2.34. The summed E-state index contributed by atoms with van der Waals surface area (Å²) in [6.45, 7) is 0.724. The van der Waals surface area contributed by atoms with Gasteiger partial charge in [0.05, 0.1) is 18.8 Å². The van der Waals surface area contributed by atoms with Crippen LogP contribution in [-0.4, -0.2) is 38.3 Å². The summed E-state index contributed by atoms with van der Waals surface area (Å²) in [6.07, 6.45) is 5.87. The van der Waals surface area contributed by atoms with Gasteiger partial charge in [-0.25, -0.2) is 18.7 Å². The van der Waals surface area contributed by atoms with Crippen molar-refractivity contribution in [3.63, 3.8) is 0 Å². The van der Waals surface area contributed by atoms with Crippen molar-refractivity contribution in [2.24, 2.45) is 0 Å². The standard InChI is InChI=1S/C18H16FN5O3/c19-11-8-12-14-2-1-4-23(14)15-3-5-24-16(21-15)13(9-20-24)18(26)27-7-6-22(10-11)17(12)25/h3,5,8-10,14H,1-2,4,6-7H2. The SMILES string of the molecule is O=C1OCCn2cc(F)cc(c2=O)C2CCCN2c2ccn3ncc1c3n2. The molecule has 3 aromatic heterocycles. The van der Waals surface area contributed by atoms with E-state index in [1.54, 1.807) is 12.3 Å². The van der Waals surface area contributed by atoms with Crippen molar-refractivity contribution in [1.82, 2.24) is 19.2 Å². The normalized spacial score (nSPS) is 19.4. The highest BCUT2D eigenvalue weighted by Gasteiger charge is 2.31. The van der Waals surface area contributed by atoms with E-state index in [0.717, 1.165) is 19.0 Å². The predicted molar refractivity (Wildman–Crippen MR) is 93.3 cm³/mol. The molecule has 2 aliphatic heterocycles. The second-order valence-electron chi connectivity index (χ2n) is 6.71. The number of hydrogen-bond donors (Lipinski definition) is 0. The first-order valence-corrected chi connectivity index (χ1v) is 8.80. The van der Waals surface area contributed by atoms with Crippen LogP contribution in [0.15, 0.2) is 35.5 Å². The van der Waals surface area contributed by atoms with Crippen molar-refractivity contribution < 1.29 is 13.9 Å². The lowest BCUT2D eigenvalue weighted by atomic mass is 10.1. The Bertz CT molecular complexity index is 1120. The van der Waals surface area contributed by atoms with E-state index in [1.807, 2.05) is 4.90 Å². The number of anilines is 1. The summed E-state index contributed by atoms with van der Waals surface area (Å²) >= 11 is 0. The molecule has 4 bridgehead atoms. The molecule has 138 valence electrons. The van der Waals surface area contributed by atoms with E-state index in [4.69, 9.17) is 4.74 Å². The van der Waals surface area contributed by atoms with E-state index in [1.165, 1.54) is 21.3 Å². The number of carbonyl (C=O) groups excluding carboxylic acids is 1. The van der Waals surface area contributed by atoms with Crippen LogP contribution in [0.1, 0.15) is 34.8 Å². The molecule has 0 N–H and O–H groups in total. The van der Waals surface area contributed by atoms with Crippen molar-refractivity contribution in [3.05, 3.63) is 58.0 Å². The third-order valence-electron chi connectivity index (χ3n) is 5.13. The van der Waals surface area contributed by atoms with Crippen molar-refractivity contribution >= 4 is 17.4 Å². The molecule has 0 aromatic carbocycles. The number of halogens is 1. The minimum absolute atomic E-state index is 0.0486. The number of hydrogen-bond acceptors (Lipinski definition) is 6. The molecule has 0 saturated carbocycles. The van der Waals surface area contributed by atoms with Gasteiger partial charge in [0.2, 0.25) is 0 Å². The molecular weight excluding hydrogens is 353 g/mol. The number of fused-ring (bicyclic) bond motifs is 6. The van der Waals surface area contributed by atoms with Gasteiger partial charge in [-0.05, 0) is 25.0 Å². The zero-order chi connectivity index (χ0) is 18.5. The smallest absolute Gasteiger partial charge is 0.343 e. The lowest BCUT2D eigenvalue weighted by molar-refractivity contribution is 0.0492. The van der Waals surface area contributed by atoms with E-state index >= 15 is 0 Å². The molecule has 0 amide bonds. The molecule has 1 fully saturated rings. The minimum atomic E-state index is -0.573. The van der Waals surface area contributed by atoms with E-state index in [-0.39, 0.29) is 30.3 Å². The average Bonchev–Trinajstić information content (AvgIpc) is 3.29. The number of ether oxygens (including phenoxy) is 1. The van der Waals surface area contributed by atoms with Crippen LogP contribution in [-0.2, 0) is 11.3 Å². The van der Waals surface area contributed by atoms with Crippen molar-refractivity contribution in [1.29, 1.82) is 0 Å². The molecule has 9 heteroatoms. The van der Waals surface area contributed by atoms with Gasteiger partial charge in [0.25, 0.3) is 5.56 Å². The van der Waals surface area contributed by atoms with Gasteiger partial charge in [0.1, 0.15) is 23.8 Å². The predicted octanol–water partition coefficient (Wildman–Crippen LogP) is 1.54. The van der Waals surface area contributed by atoms with Gasteiger partial charge in [-0.2, -0.15) is 5.10 Å². The number of nitrogens with zero attached hydrogens (tertiary/aromatic N) is 5. The van der Waals surface area contributed by atoms with Gasteiger partial charge in [0, 0.05) is 24.5 Å². The lowest BCUT2D eigenvalue weighted by Crippen LogP contribution is -2.32. The number of carbonyl (C=O) groups is 1. The minimum Gasteiger partial charge on any atom is -0.460 e. The second kappa shape index (κ2) is 5.90. The van der Waals surface area contributed by atoms with Crippen LogP contribution in [0.25, 0.3) is 5.65 Å². The Kier molecular flexibility index (Phi) is 3.49. The van der Waals surface area contributed by atoms with Crippen LogP contribution < -0.4 is 10.5 Å². The van der Waals surface area contributed by atoms with Crippen LogP contribution in [0.3, 0.4) is 0 Å². The first kappa shape index (κ1) is 16.0. The Labute approximate surface area is 152 Å². The van der Waals surface area contributed by atoms with Gasteiger partial charge >= 0.3 is 5.97 Å². The Morgan fingerprint density at radius 2 is 2.15 bits per heavy atom. The summed E-state index contributed by atoms with van der Waals surface area (Å²) in [5, 5.41) is 4.15. The highest BCUT2D eigenvalue weighted by atomic mass is 19.1. The molecule has 1 atom stereocenters. The molecule has 1 saturated heterocycles. The van der Waals surface area contributed by atoms with Gasteiger partial charge in [-0.3, -0.25) is 4.79 Å². The van der Waals surface area contributed by atoms with Crippen molar-refractivity contribution in [2.75, 3.05) is 18.1 Å². The van der Waals surface area contributed by atoms with Gasteiger partial charge in [-0.15, -0.1) is 0 Å². The molecular formula is C18H16FN5O3. The fraction of sp³-hybridized carbons (Fsp3) is 0.333. The maximum Gasteiger partial charge on any atom is 0.343 e. The van der Waals surface area contributed by atoms with Crippen LogP contribution in [0.2, 0.25) is 0 Å². The summed E-state index contributed by atoms with van der Waals surface area (Å²) in [4.78, 5) is 31.9. The quantitative estimate of drug-likeness (QED) is 0.559. The molecule has 5 rings (SSSR count). The Morgan fingerprint density at radius 3 is 3.04 bits per heavy atom. The first-order valence-electron chi connectivity index (χ1n) is 8.80. The summed E-state index contributed by atoms with van der Waals surface area (Å²) in [5.41, 5.74) is 0.786. The second-order valence-corrected chi connectivity index (χ2v) is 6.71. The first-order chi connectivity index (χ1) is 13.1.